The third kappa shape index (κ3) is 4.81. The summed E-state index contributed by atoms with van der Waals surface area (Å²) in [5, 5.41) is 17.9. The van der Waals surface area contributed by atoms with E-state index in [9.17, 15) is 4.79 Å². The summed E-state index contributed by atoms with van der Waals surface area (Å²) in [7, 11) is 0. The first-order valence-corrected chi connectivity index (χ1v) is 7.46. The normalized spacial score (nSPS) is 10.3. The molecular weight excluding hydrogens is 288 g/mol. The summed E-state index contributed by atoms with van der Waals surface area (Å²) >= 11 is 1.65. The van der Waals surface area contributed by atoms with Crippen LogP contribution in [0.4, 0.5) is 0 Å². The van der Waals surface area contributed by atoms with Crippen LogP contribution in [0.1, 0.15) is 15.9 Å². The van der Waals surface area contributed by atoms with E-state index in [1.807, 2.05) is 24.3 Å². The molecule has 0 saturated heterocycles. The van der Waals surface area contributed by atoms with Crippen molar-refractivity contribution >= 4 is 17.7 Å². The number of hydrogen-bond acceptors (Lipinski definition) is 4. The van der Waals surface area contributed by atoms with Crippen LogP contribution in [0.2, 0.25) is 0 Å². The Hall–Kier alpha value is -1.98. The van der Waals surface area contributed by atoms with Crippen LogP contribution in [0.3, 0.4) is 0 Å². The lowest BCUT2D eigenvalue weighted by Gasteiger charge is -2.07. The Bertz CT molecular complexity index is 595. The standard InChI is InChI=1S/C16H16O4S/c17-11-12-4-6-15(7-5-12)21-9-8-20-14-3-1-2-13(10-14)16(18)19/h1-7,10,17H,8-9,11H2,(H,18,19). The Balaban J connectivity index is 1.78. The molecule has 2 aromatic carbocycles. The second-order valence-electron chi connectivity index (χ2n) is 4.33. The number of benzene rings is 2. The Kier molecular flexibility index (Phi) is 5.66. The van der Waals surface area contributed by atoms with E-state index in [2.05, 4.69) is 0 Å². The van der Waals surface area contributed by atoms with E-state index in [1.165, 1.54) is 12.1 Å². The molecule has 5 heteroatoms. The maximum atomic E-state index is 10.8. The van der Waals surface area contributed by atoms with Crippen LogP contribution < -0.4 is 4.74 Å². The van der Waals surface area contributed by atoms with Gasteiger partial charge in [-0.1, -0.05) is 18.2 Å². The quantitative estimate of drug-likeness (QED) is 0.608. The molecule has 21 heavy (non-hydrogen) atoms. The van der Waals surface area contributed by atoms with Gasteiger partial charge in [-0.3, -0.25) is 0 Å². The molecule has 0 aliphatic rings. The van der Waals surface area contributed by atoms with E-state index in [1.54, 1.807) is 23.9 Å². The van der Waals surface area contributed by atoms with Crippen LogP contribution in [-0.4, -0.2) is 28.5 Å². The maximum Gasteiger partial charge on any atom is 0.335 e. The van der Waals surface area contributed by atoms with Gasteiger partial charge < -0.3 is 14.9 Å². The lowest BCUT2D eigenvalue weighted by atomic mass is 10.2. The number of aromatic carboxylic acids is 1. The Morgan fingerprint density at radius 2 is 1.90 bits per heavy atom. The van der Waals surface area contributed by atoms with Crippen LogP contribution >= 0.6 is 11.8 Å². The van der Waals surface area contributed by atoms with E-state index in [0.29, 0.717) is 12.4 Å². The monoisotopic (exact) mass is 304 g/mol. The first-order chi connectivity index (χ1) is 10.2. The number of carboxylic acids is 1. The number of aliphatic hydroxyl groups is 1. The largest absolute Gasteiger partial charge is 0.493 e. The van der Waals surface area contributed by atoms with Crippen molar-refractivity contribution in [1.29, 1.82) is 0 Å². The molecule has 2 N–H and O–H groups in total. The topological polar surface area (TPSA) is 66.8 Å². The fourth-order valence-corrected chi connectivity index (χ4v) is 2.46. The maximum absolute atomic E-state index is 10.8. The molecule has 2 aromatic rings. The van der Waals surface area contributed by atoms with Crippen molar-refractivity contribution in [3.63, 3.8) is 0 Å². The smallest absolute Gasteiger partial charge is 0.335 e. The van der Waals surface area contributed by atoms with Crippen molar-refractivity contribution in [1.82, 2.24) is 0 Å². The minimum atomic E-state index is -0.959. The van der Waals surface area contributed by atoms with E-state index in [-0.39, 0.29) is 12.2 Å². The summed E-state index contributed by atoms with van der Waals surface area (Å²) < 4.78 is 5.54. The Morgan fingerprint density at radius 3 is 2.57 bits per heavy atom. The highest BCUT2D eigenvalue weighted by Gasteiger charge is 2.03. The lowest BCUT2D eigenvalue weighted by molar-refractivity contribution is 0.0696. The van der Waals surface area contributed by atoms with Gasteiger partial charge in [-0.25, -0.2) is 4.79 Å². The lowest BCUT2D eigenvalue weighted by Crippen LogP contribution is -2.02. The average Bonchev–Trinajstić information content (AvgIpc) is 2.52. The SMILES string of the molecule is O=C(O)c1cccc(OCCSc2ccc(CO)cc2)c1. The molecule has 0 bridgehead atoms. The molecule has 2 rings (SSSR count). The fourth-order valence-electron chi connectivity index (χ4n) is 1.73. The molecule has 0 unspecified atom stereocenters. The summed E-state index contributed by atoms with van der Waals surface area (Å²) in [6.45, 7) is 0.545. The van der Waals surface area contributed by atoms with Gasteiger partial charge in [0.2, 0.25) is 0 Å². The van der Waals surface area contributed by atoms with Crippen molar-refractivity contribution in [2.24, 2.45) is 0 Å². The van der Waals surface area contributed by atoms with Crippen LogP contribution in [0.25, 0.3) is 0 Å². The van der Waals surface area contributed by atoms with Gasteiger partial charge in [0.15, 0.2) is 0 Å². The minimum Gasteiger partial charge on any atom is -0.493 e. The summed E-state index contributed by atoms with van der Waals surface area (Å²) in [4.78, 5) is 11.9. The number of carbonyl (C=O) groups is 1. The zero-order chi connectivity index (χ0) is 15.1. The Morgan fingerprint density at radius 1 is 1.14 bits per heavy atom. The molecule has 0 fully saturated rings. The van der Waals surface area contributed by atoms with Gasteiger partial charge in [0.25, 0.3) is 0 Å². The highest BCUT2D eigenvalue weighted by atomic mass is 32.2. The van der Waals surface area contributed by atoms with Crippen molar-refractivity contribution in [2.75, 3.05) is 12.4 Å². The first kappa shape index (κ1) is 15.4. The molecule has 0 atom stereocenters. The number of ether oxygens (including phenoxy) is 1. The molecule has 0 radical (unpaired) electrons. The molecule has 110 valence electrons. The summed E-state index contributed by atoms with van der Waals surface area (Å²) in [6.07, 6.45) is 0. The van der Waals surface area contributed by atoms with Crippen molar-refractivity contribution in [3.8, 4) is 5.75 Å². The third-order valence-electron chi connectivity index (χ3n) is 2.81. The van der Waals surface area contributed by atoms with E-state index < -0.39 is 5.97 Å². The first-order valence-electron chi connectivity index (χ1n) is 6.48. The van der Waals surface area contributed by atoms with Gasteiger partial charge in [0.1, 0.15) is 5.75 Å². The Labute approximate surface area is 127 Å². The zero-order valence-electron chi connectivity index (χ0n) is 11.4. The summed E-state index contributed by atoms with van der Waals surface area (Å²) in [5.41, 5.74) is 1.11. The number of thioether (sulfide) groups is 1. The predicted molar refractivity (Wildman–Crippen MR) is 82.0 cm³/mol. The van der Waals surface area contributed by atoms with Gasteiger partial charge in [0, 0.05) is 10.6 Å². The summed E-state index contributed by atoms with van der Waals surface area (Å²) in [6, 6.07) is 14.2. The molecule has 0 aliphatic carbocycles. The van der Waals surface area contributed by atoms with Gasteiger partial charge in [-0.15, -0.1) is 11.8 Å². The predicted octanol–water partition coefficient (Wildman–Crippen LogP) is 3.05. The van der Waals surface area contributed by atoms with Gasteiger partial charge in [-0.2, -0.15) is 0 Å². The highest BCUT2D eigenvalue weighted by Crippen LogP contribution is 2.19. The van der Waals surface area contributed by atoms with Gasteiger partial charge in [0.05, 0.1) is 18.8 Å². The molecule has 0 amide bonds. The fraction of sp³-hybridized carbons (Fsp3) is 0.188. The highest BCUT2D eigenvalue weighted by molar-refractivity contribution is 7.99. The molecular formula is C16H16O4S. The number of carboxylic acid groups (broad SMARTS) is 1. The van der Waals surface area contributed by atoms with Crippen molar-refractivity contribution < 1.29 is 19.7 Å². The van der Waals surface area contributed by atoms with Gasteiger partial charge in [-0.05, 0) is 35.9 Å². The number of hydrogen-bond donors (Lipinski definition) is 2. The second kappa shape index (κ2) is 7.71. The molecule has 0 aromatic heterocycles. The van der Waals surface area contributed by atoms with E-state index >= 15 is 0 Å². The van der Waals surface area contributed by atoms with Crippen molar-refractivity contribution in [3.05, 3.63) is 59.7 Å². The van der Waals surface area contributed by atoms with Crippen LogP contribution in [-0.2, 0) is 6.61 Å². The van der Waals surface area contributed by atoms with Crippen LogP contribution in [0, 0.1) is 0 Å². The molecule has 0 aliphatic heterocycles. The zero-order valence-corrected chi connectivity index (χ0v) is 12.2. The molecule has 0 saturated carbocycles. The average molecular weight is 304 g/mol. The van der Waals surface area contributed by atoms with E-state index in [4.69, 9.17) is 14.9 Å². The van der Waals surface area contributed by atoms with Crippen LogP contribution in [0.15, 0.2) is 53.4 Å². The molecule has 0 spiro atoms. The molecule has 4 nitrogen and oxygen atoms in total. The molecule has 0 heterocycles. The third-order valence-corrected chi connectivity index (χ3v) is 3.78. The van der Waals surface area contributed by atoms with Gasteiger partial charge >= 0.3 is 5.97 Å². The van der Waals surface area contributed by atoms with Crippen LogP contribution in [0.5, 0.6) is 5.75 Å². The second-order valence-corrected chi connectivity index (χ2v) is 5.50. The van der Waals surface area contributed by atoms with E-state index in [0.717, 1.165) is 16.2 Å². The minimum absolute atomic E-state index is 0.0496. The number of rotatable bonds is 7. The van der Waals surface area contributed by atoms with Crippen molar-refractivity contribution in [2.45, 2.75) is 11.5 Å². The number of aliphatic hydroxyl groups excluding tert-OH is 1. The summed E-state index contributed by atoms with van der Waals surface area (Å²) in [5.74, 6) is 0.361.